The summed E-state index contributed by atoms with van der Waals surface area (Å²) < 4.78 is 11.2. The van der Waals surface area contributed by atoms with E-state index in [1.165, 1.54) is 42.9 Å². The maximum Gasteiger partial charge on any atom is 0.204 e. The molecule has 0 saturated heterocycles. The predicted molar refractivity (Wildman–Crippen MR) is 140 cm³/mol. The molecule has 6 aromatic rings. The first-order valence-electron chi connectivity index (χ1n) is 11.3. The first-order chi connectivity index (χ1) is 17.9. The molecular weight excluding hydrogens is 472 g/mol. The molecule has 0 aliphatic heterocycles. The lowest BCUT2D eigenvalue weighted by molar-refractivity contribution is 0.474. The van der Waals surface area contributed by atoms with E-state index >= 15 is 0 Å². The van der Waals surface area contributed by atoms with Gasteiger partial charge < -0.3 is 24.2 Å². The Morgan fingerprint density at radius 1 is 0.541 bits per heavy atom. The first kappa shape index (κ1) is 22.2. The van der Waals surface area contributed by atoms with Crippen molar-refractivity contribution >= 4 is 21.9 Å². The Morgan fingerprint density at radius 2 is 1.22 bits per heavy atom. The van der Waals surface area contributed by atoms with Crippen molar-refractivity contribution < 1.29 is 24.2 Å². The molecule has 0 radical (unpaired) electrons. The summed E-state index contributed by atoms with van der Waals surface area (Å²) in [6.45, 7) is 0. The second-order valence-corrected chi connectivity index (χ2v) is 8.60. The van der Waals surface area contributed by atoms with Gasteiger partial charge in [-0.25, -0.2) is 0 Å². The van der Waals surface area contributed by atoms with Crippen LogP contribution in [0.2, 0.25) is 0 Å². The van der Waals surface area contributed by atoms with Crippen LogP contribution in [0.15, 0.2) is 110 Å². The standard InChI is InChI=1S/C30H18O7/c31-19-8-9-20-27(13-19)37-14-22(29(20)34)17-4-1-3-16(11-17)21-12-18(7-10-24(21)32)23-15-36-26-6-2-5-25(33)28(26)30(23)35/h1-15,31-33H. The van der Waals surface area contributed by atoms with E-state index in [0.29, 0.717) is 33.2 Å². The van der Waals surface area contributed by atoms with Gasteiger partial charge in [-0.15, -0.1) is 0 Å². The van der Waals surface area contributed by atoms with Crippen LogP contribution in [0, 0.1) is 0 Å². The zero-order valence-corrected chi connectivity index (χ0v) is 19.1. The van der Waals surface area contributed by atoms with Crippen LogP contribution in [0.1, 0.15) is 0 Å². The van der Waals surface area contributed by atoms with Crippen molar-refractivity contribution in [2.75, 3.05) is 0 Å². The molecule has 7 heteroatoms. The normalized spacial score (nSPS) is 11.2. The van der Waals surface area contributed by atoms with E-state index in [1.807, 2.05) is 0 Å². The van der Waals surface area contributed by atoms with E-state index in [4.69, 9.17) is 8.83 Å². The first-order valence-corrected chi connectivity index (χ1v) is 11.3. The molecule has 0 spiro atoms. The molecule has 0 aliphatic rings. The van der Waals surface area contributed by atoms with Crippen LogP contribution in [-0.4, -0.2) is 15.3 Å². The minimum Gasteiger partial charge on any atom is -0.508 e. The van der Waals surface area contributed by atoms with Crippen molar-refractivity contribution in [3.05, 3.63) is 112 Å². The Morgan fingerprint density at radius 3 is 2.03 bits per heavy atom. The fourth-order valence-corrected chi connectivity index (χ4v) is 4.46. The summed E-state index contributed by atoms with van der Waals surface area (Å²) in [7, 11) is 0. The van der Waals surface area contributed by atoms with Gasteiger partial charge in [0.2, 0.25) is 5.43 Å². The van der Waals surface area contributed by atoms with E-state index in [1.54, 1.807) is 48.5 Å². The quantitative estimate of drug-likeness (QED) is 0.277. The number of phenols is 3. The number of phenolic OH excluding ortho intramolecular Hbond substituents is 3. The Bertz CT molecular complexity index is 1960. The van der Waals surface area contributed by atoms with Crippen LogP contribution in [0.4, 0.5) is 0 Å². The van der Waals surface area contributed by atoms with Gasteiger partial charge in [-0.2, -0.15) is 0 Å². The van der Waals surface area contributed by atoms with Crippen molar-refractivity contribution in [3.8, 4) is 50.6 Å². The number of hydrogen-bond donors (Lipinski definition) is 3. The third-order valence-electron chi connectivity index (χ3n) is 6.33. The van der Waals surface area contributed by atoms with Gasteiger partial charge in [0.25, 0.3) is 0 Å². The highest BCUT2D eigenvalue weighted by Crippen LogP contribution is 2.35. The molecule has 7 nitrogen and oxygen atoms in total. The highest BCUT2D eigenvalue weighted by atomic mass is 16.3. The number of benzene rings is 4. The van der Waals surface area contributed by atoms with Gasteiger partial charge in [-0.1, -0.05) is 30.3 Å². The third-order valence-corrected chi connectivity index (χ3v) is 6.33. The summed E-state index contributed by atoms with van der Waals surface area (Å²) in [5, 5.41) is 30.9. The molecule has 6 rings (SSSR count). The van der Waals surface area contributed by atoms with Crippen LogP contribution >= 0.6 is 0 Å². The monoisotopic (exact) mass is 490 g/mol. The van der Waals surface area contributed by atoms with Gasteiger partial charge in [0.05, 0.1) is 16.5 Å². The van der Waals surface area contributed by atoms with Gasteiger partial charge in [-0.05, 0) is 59.2 Å². The minimum absolute atomic E-state index is 0.00332. The molecule has 0 bridgehead atoms. The van der Waals surface area contributed by atoms with Crippen LogP contribution < -0.4 is 10.9 Å². The molecule has 0 amide bonds. The van der Waals surface area contributed by atoms with Crippen molar-refractivity contribution in [1.29, 1.82) is 0 Å². The Hall–Kier alpha value is -5.30. The lowest BCUT2D eigenvalue weighted by Crippen LogP contribution is -2.05. The fraction of sp³-hybridized carbons (Fsp3) is 0. The number of fused-ring (bicyclic) bond motifs is 2. The van der Waals surface area contributed by atoms with E-state index in [2.05, 4.69) is 0 Å². The lowest BCUT2D eigenvalue weighted by Gasteiger charge is -2.10. The zero-order chi connectivity index (χ0) is 25.7. The smallest absolute Gasteiger partial charge is 0.204 e. The third kappa shape index (κ3) is 3.70. The van der Waals surface area contributed by atoms with Gasteiger partial charge >= 0.3 is 0 Å². The second kappa shape index (κ2) is 8.42. The summed E-state index contributed by atoms with van der Waals surface area (Å²) in [6, 6.07) is 20.7. The summed E-state index contributed by atoms with van der Waals surface area (Å²) >= 11 is 0. The summed E-state index contributed by atoms with van der Waals surface area (Å²) in [5.41, 5.74) is 2.53. The second-order valence-electron chi connectivity index (χ2n) is 8.60. The van der Waals surface area contributed by atoms with Crippen molar-refractivity contribution in [1.82, 2.24) is 0 Å². The molecule has 4 aromatic carbocycles. The molecule has 2 aromatic heterocycles. The van der Waals surface area contributed by atoms with Crippen LogP contribution in [-0.2, 0) is 0 Å². The van der Waals surface area contributed by atoms with Crippen LogP contribution in [0.5, 0.6) is 17.2 Å². The molecule has 0 fully saturated rings. The maximum absolute atomic E-state index is 13.1. The van der Waals surface area contributed by atoms with E-state index < -0.39 is 5.43 Å². The van der Waals surface area contributed by atoms with E-state index in [9.17, 15) is 24.9 Å². The molecule has 0 unspecified atom stereocenters. The fourth-order valence-electron chi connectivity index (χ4n) is 4.46. The summed E-state index contributed by atoms with van der Waals surface area (Å²) in [5.74, 6) is -0.199. The summed E-state index contributed by atoms with van der Waals surface area (Å²) in [6.07, 6.45) is 2.67. The molecule has 2 heterocycles. The van der Waals surface area contributed by atoms with Crippen molar-refractivity contribution in [3.63, 3.8) is 0 Å². The van der Waals surface area contributed by atoms with Gasteiger partial charge in [0.1, 0.15) is 46.3 Å². The van der Waals surface area contributed by atoms with E-state index in [-0.39, 0.29) is 44.8 Å². The average Bonchev–Trinajstić information content (AvgIpc) is 2.89. The topological polar surface area (TPSA) is 121 Å². The van der Waals surface area contributed by atoms with Gasteiger partial charge in [0, 0.05) is 11.6 Å². The Kier molecular flexibility index (Phi) is 5.05. The lowest BCUT2D eigenvalue weighted by atomic mass is 9.95. The molecular formula is C30H18O7. The van der Waals surface area contributed by atoms with E-state index in [0.717, 1.165) is 0 Å². The average molecular weight is 490 g/mol. The largest absolute Gasteiger partial charge is 0.508 e. The molecule has 3 N–H and O–H groups in total. The van der Waals surface area contributed by atoms with Gasteiger partial charge in [-0.3, -0.25) is 9.59 Å². The highest BCUT2D eigenvalue weighted by molar-refractivity contribution is 5.88. The Balaban J connectivity index is 1.48. The van der Waals surface area contributed by atoms with Crippen LogP contribution in [0.3, 0.4) is 0 Å². The van der Waals surface area contributed by atoms with Crippen molar-refractivity contribution in [2.24, 2.45) is 0 Å². The van der Waals surface area contributed by atoms with Crippen molar-refractivity contribution in [2.45, 2.75) is 0 Å². The minimum atomic E-state index is -0.399. The zero-order valence-electron chi connectivity index (χ0n) is 19.1. The number of rotatable bonds is 3. The summed E-state index contributed by atoms with van der Waals surface area (Å²) in [4.78, 5) is 26.3. The maximum atomic E-state index is 13.1. The number of hydrogen-bond acceptors (Lipinski definition) is 7. The van der Waals surface area contributed by atoms with Crippen LogP contribution in [0.25, 0.3) is 55.3 Å². The SMILES string of the molecule is O=c1c(-c2cccc(-c3cc(-c4coc5cccc(O)c5c4=O)ccc3O)c2)coc2cc(O)ccc12. The predicted octanol–water partition coefficient (Wildman–Crippen LogP) is 6.02. The highest BCUT2D eigenvalue weighted by Gasteiger charge is 2.16. The molecule has 0 atom stereocenters. The molecule has 37 heavy (non-hydrogen) atoms. The Labute approximate surface area is 208 Å². The number of aromatic hydroxyl groups is 3. The van der Waals surface area contributed by atoms with Gasteiger partial charge in [0.15, 0.2) is 5.43 Å². The molecule has 180 valence electrons. The molecule has 0 aliphatic carbocycles. The molecule has 0 saturated carbocycles.